The minimum absolute atomic E-state index is 0.237. The highest BCUT2D eigenvalue weighted by molar-refractivity contribution is 6.08. The Morgan fingerprint density at radius 1 is 0.568 bits per heavy atom. The lowest BCUT2D eigenvalue weighted by atomic mass is 9.84. The first-order valence-corrected chi connectivity index (χ1v) is 28.8. The Balaban J connectivity index is 0.000000136. The van der Waals surface area contributed by atoms with E-state index in [9.17, 15) is 14.7 Å². The molecule has 88 heavy (non-hydrogen) atoms. The highest BCUT2D eigenvalue weighted by Crippen LogP contribution is 2.50. The summed E-state index contributed by atoms with van der Waals surface area (Å²) in [5, 5.41) is 22.4. The summed E-state index contributed by atoms with van der Waals surface area (Å²) in [7, 11) is 24.0. The van der Waals surface area contributed by atoms with Crippen LogP contribution in [0.3, 0.4) is 0 Å². The number of cyclic esters (lactones) is 1. The normalized spacial score (nSPS) is 15.1. The number of carbonyl (C=O) groups is 2. The number of nitrogens with zero attached hydrogens (tertiary/aromatic N) is 6. The van der Waals surface area contributed by atoms with E-state index < -0.39 is 12.1 Å². The molecule has 4 heterocycles. The number of rotatable bonds is 9. The van der Waals surface area contributed by atoms with Crippen LogP contribution in [0.1, 0.15) is 49.1 Å². The molecule has 0 radical (unpaired) electrons. The minimum atomic E-state index is -0.947. The van der Waals surface area contributed by atoms with Crippen LogP contribution < -0.4 is 49.4 Å². The molecule has 6 aliphatic rings. The first-order valence-electron chi connectivity index (χ1n) is 28.8. The molecule has 0 saturated heterocycles. The molecule has 7 aromatic rings. The summed E-state index contributed by atoms with van der Waals surface area (Å²) < 4.78 is 27.0. The van der Waals surface area contributed by atoms with Crippen molar-refractivity contribution in [1.29, 1.82) is 0 Å². The lowest BCUT2D eigenvalue weighted by Crippen LogP contribution is -2.28. The molecule has 7 aromatic carbocycles. The van der Waals surface area contributed by atoms with Gasteiger partial charge in [0, 0.05) is 190 Å². The number of allylic oxidation sites excluding steroid dienone is 1. The standard InChI is InChI=1S/C25H24N2O3.C24H24N2O3.C24H22N2O3/c1-26(2)15-9-11-19-21(13-15)29-22-14-16(27(3)4)10-12-20(22)23(19)24-17-7-5-6-8-18(17)25(28)30-24;1-25(2)17-9-11-20-22(13-17)29-23-14-18(26(3)4)10-12-21(23)24(20)19-8-6-5-7-16(19)15-28-27;1-25(2)15-9-11-19-21(13-15)29-22-14-16(26(3)4)10-12-20(22)23(19)17-7-5-6-8-18(17)24(27)28/h5-14,21,24H,1-4H3;5-15,27H,1-4H3;5-14H,1-4H3/p+1. The number of fused-ring (bicyclic) bond motifs is 7. The lowest BCUT2D eigenvalue weighted by molar-refractivity contribution is -0.162. The van der Waals surface area contributed by atoms with Crippen LogP contribution in [-0.2, 0) is 9.62 Å². The number of hydrogen-bond acceptors (Lipinski definition) is 13. The van der Waals surface area contributed by atoms with Gasteiger partial charge in [-0.2, -0.15) is 0 Å². The number of benzene rings is 8. The van der Waals surface area contributed by atoms with Crippen LogP contribution in [0.4, 0.5) is 22.7 Å². The second-order valence-electron chi connectivity index (χ2n) is 23.1. The molecule has 0 spiro atoms. The fourth-order valence-corrected chi connectivity index (χ4v) is 11.5. The van der Waals surface area contributed by atoms with E-state index in [1.54, 1.807) is 12.1 Å². The number of esters is 1. The maximum absolute atomic E-state index is 12.6. The van der Waals surface area contributed by atoms with E-state index in [4.69, 9.17) is 23.9 Å². The van der Waals surface area contributed by atoms with E-state index >= 15 is 0 Å². The van der Waals surface area contributed by atoms with E-state index in [-0.39, 0.29) is 17.6 Å². The van der Waals surface area contributed by atoms with Crippen molar-refractivity contribution in [2.24, 2.45) is 0 Å². The SMILES string of the molecule is CN(C)C1=CC2Oc3cc(N(C)C)ccc3C(C3OC(=O)c4ccccc43)=C2C=C1.CN(C)c1ccc2c(-c3ccccc3C(=O)O)c3ccc(=[N+](C)C)cc-3oc2c1.CN(C)c1ccc2c(c1)Oc1cc(N(C)C)ccc1C2=c1ccccc1=COO. The van der Waals surface area contributed by atoms with E-state index in [2.05, 4.69) is 97.3 Å². The van der Waals surface area contributed by atoms with Crippen molar-refractivity contribution < 1.29 is 43.5 Å². The lowest BCUT2D eigenvalue weighted by Gasteiger charge is -2.34. The van der Waals surface area contributed by atoms with Crippen molar-refractivity contribution >= 4 is 63.1 Å². The van der Waals surface area contributed by atoms with Crippen LogP contribution in [-0.4, -0.2) is 118 Å². The fourth-order valence-electron chi connectivity index (χ4n) is 11.5. The molecule has 446 valence electrons. The van der Waals surface area contributed by atoms with Gasteiger partial charge >= 0.3 is 11.9 Å². The maximum Gasteiger partial charge on any atom is 0.339 e. The van der Waals surface area contributed by atoms with Gasteiger partial charge in [-0.25, -0.2) is 19.4 Å². The number of carbonyl (C=O) groups excluding carboxylic acids is 1. The van der Waals surface area contributed by atoms with Crippen LogP contribution in [0.5, 0.6) is 17.2 Å². The third kappa shape index (κ3) is 11.4. The summed E-state index contributed by atoms with van der Waals surface area (Å²) in [6.45, 7) is 0. The van der Waals surface area contributed by atoms with E-state index in [1.807, 2.05) is 191 Å². The number of carboxylic acid groups (broad SMARTS) is 1. The molecule has 4 aliphatic heterocycles. The molecule has 0 bridgehead atoms. The van der Waals surface area contributed by atoms with Crippen molar-refractivity contribution in [1.82, 2.24) is 9.48 Å². The summed E-state index contributed by atoms with van der Waals surface area (Å²) in [6.07, 6.45) is 6.95. The predicted molar refractivity (Wildman–Crippen MR) is 351 cm³/mol. The molecule has 0 amide bonds. The average Bonchev–Trinajstić information content (AvgIpc) is 2.75. The molecule has 2 N–H and O–H groups in total. The molecule has 13 rings (SSSR count). The summed E-state index contributed by atoms with van der Waals surface area (Å²) in [4.78, 5) is 39.1. The molecule has 2 unspecified atom stereocenters. The smallest absolute Gasteiger partial charge is 0.339 e. The summed E-state index contributed by atoms with van der Waals surface area (Å²) in [5.74, 6) is 1.90. The number of hydrogen-bond donors (Lipinski definition) is 2. The number of likely N-dealkylation sites (N-methyl/N-ethyl adjacent to an activating group) is 1. The Morgan fingerprint density at radius 3 is 1.76 bits per heavy atom. The number of aromatic carboxylic acids is 1. The van der Waals surface area contributed by atoms with E-state index in [0.717, 1.165) is 128 Å². The Bertz CT molecular complexity index is 4450. The molecule has 0 fully saturated rings. The molecule has 15 nitrogen and oxygen atoms in total. The van der Waals surface area contributed by atoms with Gasteiger partial charge in [-0.05, 0) is 89.7 Å². The van der Waals surface area contributed by atoms with Crippen LogP contribution in [0.2, 0.25) is 0 Å². The third-order valence-electron chi connectivity index (χ3n) is 16.1. The zero-order chi connectivity index (χ0) is 62.2. The molecule has 0 saturated carbocycles. The summed E-state index contributed by atoms with van der Waals surface area (Å²) in [6, 6.07) is 53.2. The number of ether oxygens (including phenoxy) is 3. The molecule has 0 aromatic heterocycles. The van der Waals surface area contributed by atoms with Gasteiger partial charge < -0.3 is 53.1 Å². The average molecular weight is 1180 g/mol. The third-order valence-corrected chi connectivity index (χ3v) is 16.1. The first kappa shape index (κ1) is 59.2. The number of carboxylic acids is 1. The van der Waals surface area contributed by atoms with Gasteiger partial charge in [0.1, 0.15) is 55.1 Å². The van der Waals surface area contributed by atoms with Gasteiger partial charge in [0.05, 0.1) is 17.2 Å². The zero-order valence-electron chi connectivity index (χ0n) is 51.5. The molecule has 2 aliphatic carbocycles. The van der Waals surface area contributed by atoms with Gasteiger partial charge in [0.15, 0.2) is 6.10 Å². The molecular formula is C73H71N6O9+. The topological polar surface area (TPSA) is 144 Å². The largest absolute Gasteiger partial charge is 0.481 e. The van der Waals surface area contributed by atoms with Crippen LogP contribution >= 0.6 is 0 Å². The van der Waals surface area contributed by atoms with E-state index in [1.165, 1.54) is 6.26 Å². The first-order chi connectivity index (χ1) is 42.3. The van der Waals surface area contributed by atoms with Gasteiger partial charge in [-0.3, -0.25) is 0 Å². The Hall–Kier alpha value is -10.5. The van der Waals surface area contributed by atoms with Crippen molar-refractivity contribution in [3.05, 3.63) is 242 Å². The predicted octanol–water partition coefficient (Wildman–Crippen LogP) is 11.6. The Kier molecular flexibility index (Phi) is 16.5. The summed E-state index contributed by atoms with van der Waals surface area (Å²) >= 11 is 0. The van der Waals surface area contributed by atoms with Crippen LogP contribution in [0, 0.1) is 0 Å². The molecular weight excluding hydrogens is 1100 g/mol. The zero-order valence-corrected chi connectivity index (χ0v) is 51.5. The van der Waals surface area contributed by atoms with Gasteiger partial charge in [0.2, 0.25) is 5.36 Å². The van der Waals surface area contributed by atoms with E-state index in [0.29, 0.717) is 11.1 Å². The maximum atomic E-state index is 12.6. The highest BCUT2D eigenvalue weighted by atomic mass is 17.1. The minimum Gasteiger partial charge on any atom is -0.481 e. The summed E-state index contributed by atoms with van der Waals surface area (Å²) in [5.41, 5.74) is 16.3. The Morgan fingerprint density at radius 2 is 1.14 bits per heavy atom. The van der Waals surface area contributed by atoms with Crippen molar-refractivity contribution in [2.75, 3.05) is 104 Å². The van der Waals surface area contributed by atoms with Gasteiger partial charge in [-0.1, -0.05) is 66.7 Å². The number of anilines is 4. The molecule has 2 atom stereocenters. The monoisotopic (exact) mass is 1180 g/mol. The molecule has 15 heteroatoms. The second-order valence-corrected chi connectivity index (χ2v) is 23.1. The van der Waals surface area contributed by atoms with Gasteiger partial charge in [-0.15, -0.1) is 0 Å². The second kappa shape index (κ2) is 24.5. The Labute approximate surface area is 512 Å². The van der Waals surface area contributed by atoms with Crippen LogP contribution in [0.25, 0.3) is 50.8 Å². The van der Waals surface area contributed by atoms with Crippen molar-refractivity contribution in [3.8, 4) is 39.7 Å². The van der Waals surface area contributed by atoms with Crippen molar-refractivity contribution in [2.45, 2.75) is 12.2 Å². The highest BCUT2D eigenvalue weighted by Gasteiger charge is 2.40. The fraction of sp³-hybridized carbons (Fsp3) is 0.192. The van der Waals surface area contributed by atoms with Gasteiger partial charge in [0.25, 0.3) is 0 Å². The quantitative estimate of drug-likeness (QED) is 0.0465. The van der Waals surface area contributed by atoms with Crippen LogP contribution in [0.15, 0.2) is 198 Å². The van der Waals surface area contributed by atoms with Crippen molar-refractivity contribution in [3.63, 3.8) is 0 Å².